The number of halogens is 1. The Labute approximate surface area is 121 Å². The number of benzene rings is 1. The highest BCUT2D eigenvalue weighted by atomic mass is 35.5. The fraction of sp³-hybridized carbons (Fsp3) is 0.429. The SMILES string of the molecule is CC(C)(C)C(=O)NCCn1c(=O)oc2cc(Cl)ccc21. The zero-order valence-corrected chi connectivity index (χ0v) is 12.5. The van der Waals surface area contributed by atoms with Gasteiger partial charge in [0, 0.05) is 29.6 Å². The summed E-state index contributed by atoms with van der Waals surface area (Å²) in [5.74, 6) is -0.506. The molecule has 0 aliphatic carbocycles. The van der Waals surface area contributed by atoms with Gasteiger partial charge in [-0.2, -0.15) is 0 Å². The summed E-state index contributed by atoms with van der Waals surface area (Å²) < 4.78 is 6.60. The highest BCUT2D eigenvalue weighted by Crippen LogP contribution is 2.18. The fourth-order valence-corrected chi connectivity index (χ4v) is 1.96. The van der Waals surface area contributed by atoms with Gasteiger partial charge in [-0.1, -0.05) is 32.4 Å². The van der Waals surface area contributed by atoms with Crippen LogP contribution in [0.2, 0.25) is 5.02 Å². The Morgan fingerprint density at radius 1 is 1.40 bits per heavy atom. The van der Waals surface area contributed by atoms with E-state index in [9.17, 15) is 9.59 Å². The Balaban J connectivity index is 2.13. The van der Waals surface area contributed by atoms with Gasteiger partial charge in [-0.15, -0.1) is 0 Å². The molecule has 0 aliphatic rings. The zero-order chi connectivity index (χ0) is 14.9. The van der Waals surface area contributed by atoms with Crippen LogP contribution in [0.4, 0.5) is 0 Å². The predicted octanol–water partition coefficient (Wildman–Crippen LogP) is 2.41. The molecule has 1 aromatic heterocycles. The summed E-state index contributed by atoms with van der Waals surface area (Å²) in [4.78, 5) is 23.5. The molecule has 2 aromatic rings. The topological polar surface area (TPSA) is 64.2 Å². The molecule has 0 unspecified atom stereocenters. The average molecular weight is 297 g/mol. The monoisotopic (exact) mass is 296 g/mol. The van der Waals surface area contributed by atoms with E-state index in [1.54, 1.807) is 18.2 Å². The quantitative estimate of drug-likeness (QED) is 0.946. The van der Waals surface area contributed by atoms with Gasteiger partial charge in [-0.3, -0.25) is 9.36 Å². The zero-order valence-electron chi connectivity index (χ0n) is 11.7. The van der Waals surface area contributed by atoms with Crippen LogP contribution in [0.15, 0.2) is 27.4 Å². The summed E-state index contributed by atoms with van der Waals surface area (Å²) in [5.41, 5.74) is 0.672. The van der Waals surface area contributed by atoms with Gasteiger partial charge in [0.2, 0.25) is 5.91 Å². The van der Waals surface area contributed by atoms with E-state index in [2.05, 4.69) is 5.32 Å². The first-order valence-corrected chi connectivity index (χ1v) is 6.74. The highest BCUT2D eigenvalue weighted by Gasteiger charge is 2.20. The van der Waals surface area contributed by atoms with Crippen LogP contribution in [0.5, 0.6) is 0 Å². The van der Waals surface area contributed by atoms with Crippen molar-refractivity contribution in [3.05, 3.63) is 33.8 Å². The minimum atomic E-state index is -0.452. The predicted molar refractivity (Wildman–Crippen MR) is 77.9 cm³/mol. The van der Waals surface area contributed by atoms with E-state index in [-0.39, 0.29) is 5.91 Å². The lowest BCUT2D eigenvalue weighted by molar-refractivity contribution is -0.128. The van der Waals surface area contributed by atoms with Crippen LogP contribution in [-0.2, 0) is 11.3 Å². The molecule has 20 heavy (non-hydrogen) atoms. The van der Waals surface area contributed by atoms with Crippen LogP contribution in [0.25, 0.3) is 11.1 Å². The number of nitrogens with zero attached hydrogens (tertiary/aromatic N) is 1. The van der Waals surface area contributed by atoms with Gasteiger partial charge in [-0.05, 0) is 12.1 Å². The fourth-order valence-electron chi connectivity index (χ4n) is 1.80. The maximum absolute atomic E-state index is 11.8. The number of fused-ring (bicyclic) bond motifs is 1. The van der Waals surface area contributed by atoms with Crippen molar-refractivity contribution in [3.63, 3.8) is 0 Å². The Morgan fingerprint density at radius 2 is 2.10 bits per heavy atom. The highest BCUT2D eigenvalue weighted by molar-refractivity contribution is 6.31. The second-order valence-electron chi connectivity index (χ2n) is 5.64. The minimum absolute atomic E-state index is 0.0543. The maximum Gasteiger partial charge on any atom is 0.420 e. The molecule has 1 aromatic carbocycles. The second kappa shape index (κ2) is 5.32. The molecular formula is C14H17ClN2O3. The van der Waals surface area contributed by atoms with Crippen molar-refractivity contribution in [2.24, 2.45) is 5.41 Å². The molecule has 5 nitrogen and oxygen atoms in total. The largest absolute Gasteiger partial charge is 0.420 e. The number of rotatable bonds is 3. The molecule has 0 saturated heterocycles. The number of carbonyl (C=O) groups excluding carboxylic acids is 1. The Bertz CT molecular complexity index is 694. The molecular weight excluding hydrogens is 280 g/mol. The standard InChI is InChI=1S/C14H17ClN2O3/c1-14(2,3)12(18)16-6-7-17-10-5-4-9(15)8-11(10)20-13(17)19/h4-5,8H,6-7H2,1-3H3,(H,16,18). The molecule has 0 aliphatic heterocycles. The normalized spacial score (nSPS) is 11.8. The molecule has 1 heterocycles. The molecule has 0 spiro atoms. The number of aromatic nitrogens is 1. The van der Waals surface area contributed by atoms with E-state index in [1.165, 1.54) is 4.57 Å². The van der Waals surface area contributed by atoms with Crippen molar-refractivity contribution in [2.45, 2.75) is 27.3 Å². The number of oxazole rings is 1. The molecule has 108 valence electrons. The number of hydrogen-bond donors (Lipinski definition) is 1. The maximum atomic E-state index is 11.8. The van der Waals surface area contributed by atoms with Gasteiger partial charge < -0.3 is 9.73 Å². The van der Waals surface area contributed by atoms with Gasteiger partial charge in [0.1, 0.15) is 0 Å². The molecule has 2 rings (SSSR count). The van der Waals surface area contributed by atoms with Crippen LogP contribution >= 0.6 is 11.6 Å². The Morgan fingerprint density at radius 3 is 2.75 bits per heavy atom. The summed E-state index contributed by atoms with van der Waals surface area (Å²) in [6, 6.07) is 5.03. The third-order valence-corrected chi connectivity index (χ3v) is 3.17. The lowest BCUT2D eigenvalue weighted by atomic mass is 9.96. The third-order valence-electron chi connectivity index (χ3n) is 2.93. The van der Waals surface area contributed by atoms with Crippen molar-refractivity contribution in [1.82, 2.24) is 9.88 Å². The van der Waals surface area contributed by atoms with Gasteiger partial charge in [0.25, 0.3) is 0 Å². The van der Waals surface area contributed by atoms with Crippen LogP contribution in [0.1, 0.15) is 20.8 Å². The number of carbonyl (C=O) groups is 1. The molecule has 1 amide bonds. The van der Waals surface area contributed by atoms with Crippen molar-refractivity contribution >= 4 is 28.6 Å². The van der Waals surface area contributed by atoms with E-state index in [1.807, 2.05) is 20.8 Å². The number of hydrogen-bond acceptors (Lipinski definition) is 3. The number of amides is 1. The van der Waals surface area contributed by atoms with E-state index < -0.39 is 11.2 Å². The molecule has 1 N–H and O–H groups in total. The summed E-state index contributed by atoms with van der Waals surface area (Å²) >= 11 is 5.85. The van der Waals surface area contributed by atoms with Crippen molar-refractivity contribution in [3.8, 4) is 0 Å². The van der Waals surface area contributed by atoms with Gasteiger partial charge >= 0.3 is 5.76 Å². The van der Waals surface area contributed by atoms with Gasteiger partial charge in [0.15, 0.2) is 5.58 Å². The third kappa shape index (κ3) is 3.04. The second-order valence-corrected chi connectivity index (χ2v) is 6.07. The summed E-state index contributed by atoms with van der Waals surface area (Å²) in [5, 5.41) is 3.31. The summed E-state index contributed by atoms with van der Waals surface area (Å²) in [7, 11) is 0. The summed E-state index contributed by atoms with van der Waals surface area (Å²) in [6.07, 6.45) is 0. The lowest BCUT2D eigenvalue weighted by Crippen LogP contribution is -2.37. The average Bonchev–Trinajstić information content (AvgIpc) is 2.63. The first-order chi connectivity index (χ1) is 9.29. The van der Waals surface area contributed by atoms with Gasteiger partial charge in [-0.25, -0.2) is 4.79 Å². The van der Waals surface area contributed by atoms with Crippen molar-refractivity contribution in [2.75, 3.05) is 6.54 Å². The molecule has 6 heteroatoms. The summed E-state index contributed by atoms with van der Waals surface area (Å²) in [6.45, 7) is 6.24. The van der Waals surface area contributed by atoms with E-state index in [0.717, 1.165) is 0 Å². The van der Waals surface area contributed by atoms with E-state index in [4.69, 9.17) is 16.0 Å². The first-order valence-electron chi connectivity index (χ1n) is 6.36. The molecule has 0 atom stereocenters. The molecule has 0 saturated carbocycles. The molecule has 0 fully saturated rings. The molecule has 0 radical (unpaired) electrons. The Kier molecular flexibility index (Phi) is 3.90. The minimum Gasteiger partial charge on any atom is -0.408 e. The van der Waals surface area contributed by atoms with Crippen LogP contribution < -0.4 is 11.1 Å². The Hall–Kier alpha value is -1.75. The lowest BCUT2D eigenvalue weighted by Gasteiger charge is -2.17. The van der Waals surface area contributed by atoms with E-state index in [0.29, 0.717) is 29.2 Å². The van der Waals surface area contributed by atoms with Crippen LogP contribution in [0, 0.1) is 5.41 Å². The van der Waals surface area contributed by atoms with Crippen LogP contribution in [-0.4, -0.2) is 17.0 Å². The molecule has 0 bridgehead atoms. The van der Waals surface area contributed by atoms with Gasteiger partial charge in [0.05, 0.1) is 5.52 Å². The first kappa shape index (κ1) is 14.7. The number of nitrogens with one attached hydrogen (secondary N) is 1. The smallest absolute Gasteiger partial charge is 0.408 e. The van der Waals surface area contributed by atoms with E-state index >= 15 is 0 Å². The van der Waals surface area contributed by atoms with Crippen LogP contribution in [0.3, 0.4) is 0 Å². The van der Waals surface area contributed by atoms with Crippen molar-refractivity contribution < 1.29 is 9.21 Å². The van der Waals surface area contributed by atoms with Crippen molar-refractivity contribution in [1.29, 1.82) is 0 Å².